The zero-order valence-electron chi connectivity index (χ0n) is 11.3. The number of ether oxygens (including phenoxy) is 1. The SMILES string of the molecule is CC(CN)c1ccc(COc2cc(F)cc(F)c2)cc1. The molecule has 20 heavy (non-hydrogen) atoms. The lowest BCUT2D eigenvalue weighted by Gasteiger charge is -2.10. The van der Waals surface area contributed by atoms with Gasteiger partial charge in [0.05, 0.1) is 0 Å². The Hall–Kier alpha value is -1.94. The van der Waals surface area contributed by atoms with Crippen molar-refractivity contribution in [3.63, 3.8) is 0 Å². The molecule has 0 bridgehead atoms. The Morgan fingerprint density at radius 2 is 1.65 bits per heavy atom. The van der Waals surface area contributed by atoms with Gasteiger partial charge in [0.25, 0.3) is 0 Å². The van der Waals surface area contributed by atoms with Gasteiger partial charge in [-0.3, -0.25) is 0 Å². The average molecular weight is 277 g/mol. The molecule has 0 aliphatic carbocycles. The van der Waals surface area contributed by atoms with Crippen LogP contribution in [0.5, 0.6) is 5.75 Å². The number of benzene rings is 2. The van der Waals surface area contributed by atoms with Crippen LogP contribution in [0.2, 0.25) is 0 Å². The molecule has 0 fully saturated rings. The first-order valence-corrected chi connectivity index (χ1v) is 6.46. The zero-order chi connectivity index (χ0) is 14.5. The van der Waals surface area contributed by atoms with E-state index in [1.807, 2.05) is 24.3 Å². The van der Waals surface area contributed by atoms with E-state index >= 15 is 0 Å². The van der Waals surface area contributed by atoms with Gasteiger partial charge in [-0.05, 0) is 23.6 Å². The van der Waals surface area contributed by atoms with Crippen molar-refractivity contribution in [3.8, 4) is 5.75 Å². The summed E-state index contributed by atoms with van der Waals surface area (Å²) in [5.41, 5.74) is 7.70. The van der Waals surface area contributed by atoms with E-state index in [4.69, 9.17) is 10.5 Å². The van der Waals surface area contributed by atoms with Crippen LogP contribution in [0.1, 0.15) is 24.0 Å². The molecule has 0 aliphatic heterocycles. The molecule has 0 saturated heterocycles. The molecule has 0 heterocycles. The highest BCUT2D eigenvalue weighted by molar-refractivity contribution is 5.27. The Morgan fingerprint density at radius 3 is 2.20 bits per heavy atom. The molecule has 0 aliphatic rings. The minimum Gasteiger partial charge on any atom is -0.489 e. The minimum absolute atomic E-state index is 0.182. The molecule has 2 nitrogen and oxygen atoms in total. The van der Waals surface area contributed by atoms with E-state index in [9.17, 15) is 8.78 Å². The summed E-state index contributed by atoms with van der Waals surface area (Å²) in [7, 11) is 0. The molecule has 0 amide bonds. The third-order valence-corrected chi connectivity index (χ3v) is 3.14. The fourth-order valence-corrected chi connectivity index (χ4v) is 1.86. The molecule has 2 aromatic rings. The predicted molar refractivity (Wildman–Crippen MR) is 74.6 cm³/mol. The highest BCUT2D eigenvalue weighted by atomic mass is 19.1. The largest absolute Gasteiger partial charge is 0.489 e. The van der Waals surface area contributed by atoms with Crippen LogP contribution in [0, 0.1) is 11.6 Å². The van der Waals surface area contributed by atoms with Gasteiger partial charge in [0.15, 0.2) is 0 Å². The molecule has 2 N–H and O–H groups in total. The van der Waals surface area contributed by atoms with Crippen LogP contribution >= 0.6 is 0 Å². The molecule has 1 atom stereocenters. The first kappa shape index (κ1) is 14.5. The normalized spacial score (nSPS) is 12.2. The van der Waals surface area contributed by atoms with Gasteiger partial charge in [0.1, 0.15) is 24.0 Å². The molecular weight excluding hydrogens is 260 g/mol. The van der Waals surface area contributed by atoms with E-state index in [1.54, 1.807) is 0 Å². The number of hydrogen-bond acceptors (Lipinski definition) is 2. The summed E-state index contributed by atoms with van der Waals surface area (Å²) in [6, 6.07) is 11.0. The highest BCUT2D eigenvalue weighted by Crippen LogP contribution is 2.18. The van der Waals surface area contributed by atoms with Gasteiger partial charge >= 0.3 is 0 Å². The van der Waals surface area contributed by atoms with Crippen LogP contribution in [0.15, 0.2) is 42.5 Å². The lowest BCUT2D eigenvalue weighted by Crippen LogP contribution is -2.08. The molecule has 106 valence electrons. The fraction of sp³-hybridized carbons (Fsp3) is 0.250. The Kier molecular flexibility index (Phi) is 4.69. The second kappa shape index (κ2) is 6.48. The summed E-state index contributed by atoms with van der Waals surface area (Å²) < 4.78 is 31.4. The molecule has 4 heteroatoms. The second-order valence-electron chi connectivity index (χ2n) is 4.77. The van der Waals surface area contributed by atoms with Crippen LogP contribution in [-0.4, -0.2) is 6.54 Å². The molecule has 2 aromatic carbocycles. The third kappa shape index (κ3) is 3.78. The maximum absolute atomic E-state index is 13.0. The summed E-state index contributed by atoms with van der Waals surface area (Å²) >= 11 is 0. The van der Waals surface area contributed by atoms with Crippen LogP contribution in [0.25, 0.3) is 0 Å². The quantitative estimate of drug-likeness (QED) is 0.906. The summed E-state index contributed by atoms with van der Waals surface area (Å²) in [5, 5.41) is 0. The monoisotopic (exact) mass is 277 g/mol. The van der Waals surface area contributed by atoms with Gasteiger partial charge in [0.2, 0.25) is 0 Å². The topological polar surface area (TPSA) is 35.2 Å². The number of halogens is 2. The number of nitrogens with two attached hydrogens (primary N) is 1. The van der Waals surface area contributed by atoms with Crippen molar-refractivity contribution in [2.75, 3.05) is 6.54 Å². The van der Waals surface area contributed by atoms with Crippen molar-refractivity contribution in [1.29, 1.82) is 0 Å². The smallest absolute Gasteiger partial charge is 0.129 e. The molecule has 0 spiro atoms. The zero-order valence-corrected chi connectivity index (χ0v) is 11.3. The Labute approximate surface area is 117 Å². The van der Waals surface area contributed by atoms with E-state index in [-0.39, 0.29) is 12.4 Å². The van der Waals surface area contributed by atoms with Gasteiger partial charge in [-0.1, -0.05) is 31.2 Å². The molecule has 0 radical (unpaired) electrons. The van der Waals surface area contributed by atoms with Crippen molar-refractivity contribution in [2.45, 2.75) is 19.4 Å². The lowest BCUT2D eigenvalue weighted by molar-refractivity contribution is 0.302. The first-order valence-electron chi connectivity index (χ1n) is 6.46. The van der Waals surface area contributed by atoms with Crippen LogP contribution in [0.3, 0.4) is 0 Å². The van der Waals surface area contributed by atoms with E-state index in [1.165, 1.54) is 0 Å². The van der Waals surface area contributed by atoms with Gasteiger partial charge in [-0.15, -0.1) is 0 Å². The number of hydrogen-bond donors (Lipinski definition) is 1. The Morgan fingerprint density at radius 1 is 1.05 bits per heavy atom. The molecule has 0 saturated carbocycles. The average Bonchev–Trinajstić information content (AvgIpc) is 2.44. The van der Waals surface area contributed by atoms with Gasteiger partial charge in [0, 0.05) is 18.2 Å². The van der Waals surface area contributed by atoms with Crippen LogP contribution in [0.4, 0.5) is 8.78 Å². The highest BCUT2D eigenvalue weighted by Gasteiger charge is 2.04. The van der Waals surface area contributed by atoms with E-state index in [0.29, 0.717) is 12.5 Å². The van der Waals surface area contributed by atoms with E-state index < -0.39 is 11.6 Å². The molecule has 2 rings (SSSR count). The Balaban J connectivity index is 2.00. The maximum atomic E-state index is 13.0. The van der Waals surface area contributed by atoms with Gasteiger partial charge in [-0.25, -0.2) is 8.78 Å². The van der Waals surface area contributed by atoms with Crippen molar-refractivity contribution < 1.29 is 13.5 Å². The van der Waals surface area contributed by atoms with Crippen molar-refractivity contribution in [3.05, 3.63) is 65.2 Å². The summed E-state index contributed by atoms with van der Waals surface area (Å²) in [4.78, 5) is 0. The van der Waals surface area contributed by atoms with Gasteiger partial charge in [-0.2, -0.15) is 0 Å². The summed E-state index contributed by atoms with van der Waals surface area (Å²) in [5.74, 6) is -0.802. The van der Waals surface area contributed by atoms with Crippen LogP contribution in [-0.2, 0) is 6.61 Å². The first-order chi connectivity index (χ1) is 9.58. The summed E-state index contributed by atoms with van der Waals surface area (Å²) in [6.07, 6.45) is 0. The number of rotatable bonds is 5. The van der Waals surface area contributed by atoms with E-state index in [2.05, 4.69) is 6.92 Å². The van der Waals surface area contributed by atoms with Gasteiger partial charge < -0.3 is 10.5 Å². The third-order valence-electron chi connectivity index (χ3n) is 3.14. The second-order valence-corrected chi connectivity index (χ2v) is 4.77. The summed E-state index contributed by atoms with van der Waals surface area (Å²) in [6.45, 7) is 2.92. The molecular formula is C16H17F2NO. The van der Waals surface area contributed by atoms with E-state index in [0.717, 1.165) is 29.3 Å². The molecule has 0 aromatic heterocycles. The minimum atomic E-state index is -0.646. The maximum Gasteiger partial charge on any atom is 0.129 e. The van der Waals surface area contributed by atoms with Crippen molar-refractivity contribution in [2.24, 2.45) is 5.73 Å². The Bertz CT molecular complexity index is 549. The standard InChI is InChI=1S/C16H17F2NO/c1-11(9-19)13-4-2-12(3-5-13)10-20-16-7-14(17)6-15(18)8-16/h2-8,11H,9-10,19H2,1H3. The van der Waals surface area contributed by atoms with Crippen molar-refractivity contribution >= 4 is 0 Å². The lowest BCUT2D eigenvalue weighted by atomic mass is 10.0. The van der Waals surface area contributed by atoms with Crippen molar-refractivity contribution in [1.82, 2.24) is 0 Å². The van der Waals surface area contributed by atoms with Crippen LogP contribution < -0.4 is 10.5 Å². The molecule has 1 unspecified atom stereocenters. The fourth-order valence-electron chi connectivity index (χ4n) is 1.86. The predicted octanol–water partition coefficient (Wildman–Crippen LogP) is 3.61.